The summed E-state index contributed by atoms with van der Waals surface area (Å²) in [5.74, 6) is 0. The first-order valence-electron chi connectivity index (χ1n) is 12.2. The lowest BCUT2D eigenvalue weighted by atomic mass is 10.0. The molecule has 0 radical (unpaired) electrons. The molecule has 4 heteroatoms. The van der Waals surface area contributed by atoms with Crippen molar-refractivity contribution < 1.29 is 4.57 Å². The minimum Gasteiger partial charge on any atom is -0.309 e. The van der Waals surface area contributed by atoms with Crippen molar-refractivity contribution in [1.29, 1.82) is 0 Å². The maximum absolute atomic E-state index is 14.8. The Labute approximate surface area is 219 Å². The molecule has 0 saturated carbocycles. The maximum Gasteiger partial charge on any atom is 0.171 e. The highest BCUT2D eigenvalue weighted by Gasteiger charge is 2.29. The SMILES string of the molecule is O=P(c1ccccc1)(c1ccccc1)c1cccc(-c2ccc3c(c2)ncc2sc4ccccc4c23)c1. The monoisotopic (exact) mass is 511 g/mol. The Bertz CT molecular complexity index is 1920. The smallest absolute Gasteiger partial charge is 0.171 e. The van der Waals surface area contributed by atoms with Gasteiger partial charge < -0.3 is 4.57 Å². The normalized spacial score (nSPS) is 11.9. The van der Waals surface area contributed by atoms with Gasteiger partial charge in [-0.05, 0) is 29.3 Å². The highest BCUT2D eigenvalue weighted by molar-refractivity contribution is 7.85. The molecule has 176 valence electrons. The van der Waals surface area contributed by atoms with Crippen LogP contribution in [0.5, 0.6) is 0 Å². The molecule has 0 aliphatic carbocycles. The van der Waals surface area contributed by atoms with Crippen molar-refractivity contribution in [2.45, 2.75) is 0 Å². The summed E-state index contributed by atoms with van der Waals surface area (Å²) in [6, 6.07) is 42.8. The second kappa shape index (κ2) is 8.81. The summed E-state index contributed by atoms with van der Waals surface area (Å²) in [6.07, 6.45) is 1.99. The van der Waals surface area contributed by atoms with E-state index < -0.39 is 7.14 Å². The molecule has 0 spiro atoms. The summed E-state index contributed by atoms with van der Waals surface area (Å²) in [6.45, 7) is 0. The van der Waals surface area contributed by atoms with Gasteiger partial charge in [-0.15, -0.1) is 11.3 Å². The number of aromatic nitrogens is 1. The summed E-state index contributed by atoms with van der Waals surface area (Å²) in [5.41, 5.74) is 3.06. The molecule has 0 aliphatic heterocycles. The summed E-state index contributed by atoms with van der Waals surface area (Å²) in [5, 5.41) is 6.21. The van der Waals surface area contributed by atoms with E-state index >= 15 is 0 Å². The lowest BCUT2D eigenvalue weighted by Crippen LogP contribution is -2.25. The van der Waals surface area contributed by atoms with Crippen LogP contribution in [0.4, 0.5) is 0 Å². The van der Waals surface area contributed by atoms with Crippen LogP contribution in [-0.2, 0) is 4.57 Å². The van der Waals surface area contributed by atoms with Crippen LogP contribution in [0.15, 0.2) is 134 Å². The molecule has 0 atom stereocenters. The first-order valence-corrected chi connectivity index (χ1v) is 14.8. The number of hydrogen-bond acceptors (Lipinski definition) is 3. The molecular weight excluding hydrogens is 489 g/mol. The Morgan fingerprint density at radius 1 is 0.541 bits per heavy atom. The van der Waals surface area contributed by atoms with Crippen LogP contribution in [-0.4, -0.2) is 4.98 Å². The molecule has 7 rings (SSSR count). The molecule has 0 amide bonds. The van der Waals surface area contributed by atoms with E-state index in [0.717, 1.165) is 37.9 Å². The zero-order chi connectivity index (χ0) is 24.8. The van der Waals surface area contributed by atoms with E-state index in [1.54, 1.807) is 11.3 Å². The highest BCUT2D eigenvalue weighted by Crippen LogP contribution is 2.43. The van der Waals surface area contributed by atoms with Gasteiger partial charge in [-0.25, -0.2) is 0 Å². The van der Waals surface area contributed by atoms with Crippen LogP contribution in [0, 0.1) is 0 Å². The second-order valence-electron chi connectivity index (χ2n) is 9.16. The molecule has 0 fully saturated rings. The van der Waals surface area contributed by atoms with Crippen LogP contribution in [0.2, 0.25) is 0 Å². The van der Waals surface area contributed by atoms with Crippen molar-refractivity contribution in [2.75, 3.05) is 0 Å². The number of hydrogen-bond donors (Lipinski definition) is 0. The van der Waals surface area contributed by atoms with Crippen molar-refractivity contribution in [3.8, 4) is 11.1 Å². The number of thiophene rings is 1. The van der Waals surface area contributed by atoms with E-state index in [-0.39, 0.29) is 0 Å². The molecule has 2 aromatic heterocycles. The Morgan fingerprint density at radius 3 is 1.95 bits per heavy atom. The molecule has 37 heavy (non-hydrogen) atoms. The van der Waals surface area contributed by atoms with Gasteiger partial charge in [-0.1, -0.05) is 109 Å². The second-order valence-corrected chi connectivity index (χ2v) is 13.0. The third kappa shape index (κ3) is 3.62. The van der Waals surface area contributed by atoms with Crippen LogP contribution in [0.25, 0.3) is 42.2 Å². The van der Waals surface area contributed by atoms with Crippen molar-refractivity contribution >= 4 is 65.5 Å². The van der Waals surface area contributed by atoms with E-state index in [1.807, 2.05) is 79.0 Å². The van der Waals surface area contributed by atoms with Gasteiger partial charge in [0.05, 0.1) is 10.2 Å². The molecule has 0 unspecified atom stereocenters. The average molecular weight is 512 g/mol. The van der Waals surface area contributed by atoms with Crippen LogP contribution < -0.4 is 15.9 Å². The zero-order valence-corrected chi connectivity index (χ0v) is 21.6. The molecule has 5 aromatic carbocycles. The zero-order valence-electron chi connectivity index (χ0n) is 19.9. The van der Waals surface area contributed by atoms with Gasteiger partial charge in [-0.2, -0.15) is 0 Å². The molecule has 2 heterocycles. The molecular formula is C33H22NOPS. The first kappa shape index (κ1) is 22.2. The largest absolute Gasteiger partial charge is 0.309 e. The third-order valence-electron chi connectivity index (χ3n) is 6.99. The fraction of sp³-hybridized carbons (Fsp3) is 0. The molecule has 2 nitrogen and oxygen atoms in total. The molecule has 0 saturated heterocycles. The highest BCUT2D eigenvalue weighted by atomic mass is 32.1. The Hall–Kier alpha value is -4.04. The Kier molecular flexibility index (Phi) is 5.28. The Morgan fingerprint density at radius 2 is 1.19 bits per heavy atom. The average Bonchev–Trinajstić information content (AvgIpc) is 3.37. The van der Waals surface area contributed by atoms with Gasteiger partial charge in [-0.3, -0.25) is 4.98 Å². The van der Waals surface area contributed by atoms with E-state index in [2.05, 4.69) is 54.6 Å². The fourth-order valence-corrected chi connectivity index (χ4v) is 8.98. The quantitative estimate of drug-likeness (QED) is 0.225. The van der Waals surface area contributed by atoms with E-state index in [4.69, 9.17) is 4.98 Å². The number of nitrogens with zero attached hydrogens (tertiary/aromatic N) is 1. The first-order chi connectivity index (χ1) is 18.2. The topological polar surface area (TPSA) is 30.0 Å². The lowest BCUT2D eigenvalue weighted by molar-refractivity contribution is 0.592. The van der Waals surface area contributed by atoms with Crippen molar-refractivity contribution in [2.24, 2.45) is 0 Å². The van der Waals surface area contributed by atoms with E-state index in [0.29, 0.717) is 0 Å². The minimum atomic E-state index is -3.04. The molecule has 0 bridgehead atoms. The van der Waals surface area contributed by atoms with Crippen molar-refractivity contribution in [3.05, 3.63) is 134 Å². The van der Waals surface area contributed by atoms with Gasteiger partial charge in [0.25, 0.3) is 0 Å². The predicted molar refractivity (Wildman–Crippen MR) is 159 cm³/mol. The van der Waals surface area contributed by atoms with E-state index in [9.17, 15) is 4.57 Å². The van der Waals surface area contributed by atoms with Gasteiger partial charge in [0, 0.05) is 43.0 Å². The summed E-state index contributed by atoms with van der Waals surface area (Å²) in [7, 11) is -3.04. The van der Waals surface area contributed by atoms with Crippen LogP contribution in [0.1, 0.15) is 0 Å². The molecule has 7 aromatic rings. The summed E-state index contributed by atoms with van der Waals surface area (Å²) >= 11 is 1.78. The van der Waals surface area contributed by atoms with Crippen LogP contribution in [0.3, 0.4) is 0 Å². The van der Waals surface area contributed by atoms with E-state index in [1.165, 1.54) is 20.2 Å². The third-order valence-corrected chi connectivity index (χ3v) is 11.2. The minimum absolute atomic E-state index is 0.828. The maximum atomic E-state index is 14.8. The van der Waals surface area contributed by atoms with Gasteiger partial charge >= 0.3 is 0 Å². The van der Waals surface area contributed by atoms with Gasteiger partial charge in [0.2, 0.25) is 0 Å². The number of rotatable bonds is 4. The Balaban J connectivity index is 1.39. The number of fused-ring (bicyclic) bond motifs is 5. The van der Waals surface area contributed by atoms with Gasteiger partial charge in [0.15, 0.2) is 7.14 Å². The van der Waals surface area contributed by atoms with Crippen LogP contribution >= 0.6 is 18.5 Å². The fourth-order valence-electron chi connectivity index (χ4n) is 5.20. The molecule has 0 aliphatic rings. The van der Waals surface area contributed by atoms with Crippen molar-refractivity contribution in [1.82, 2.24) is 4.98 Å². The standard InChI is InChI=1S/C33H22NOPS/c35-36(25-11-3-1-4-12-25,26-13-5-2-6-14-26)27-15-9-10-23(20-27)24-18-19-28-30(21-24)34-22-32-33(28)29-16-7-8-17-31(29)37-32/h1-22H. The summed E-state index contributed by atoms with van der Waals surface area (Å²) in [4.78, 5) is 4.81. The number of pyridine rings is 1. The summed E-state index contributed by atoms with van der Waals surface area (Å²) < 4.78 is 17.3. The van der Waals surface area contributed by atoms with Crippen molar-refractivity contribution in [3.63, 3.8) is 0 Å². The predicted octanol–water partition coefficient (Wildman–Crippen LogP) is 7.91. The molecule has 0 N–H and O–H groups in total. The van der Waals surface area contributed by atoms with Gasteiger partial charge in [0.1, 0.15) is 0 Å². The number of benzene rings is 5. The lowest BCUT2D eigenvalue weighted by Gasteiger charge is -2.20.